The van der Waals surface area contributed by atoms with Crippen molar-refractivity contribution in [3.8, 4) is 0 Å². The van der Waals surface area contributed by atoms with Gasteiger partial charge in [-0.25, -0.2) is 4.99 Å². The smallest absolute Gasteiger partial charge is 0.142 e. The largest absolute Gasteiger partial charge is 0.484 e. The van der Waals surface area contributed by atoms with Crippen LogP contribution in [0.3, 0.4) is 0 Å². The summed E-state index contributed by atoms with van der Waals surface area (Å²) in [5, 5.41) is 0. The molecule has 0 spiro atoms. The maximum atomic E-state index is 6.24. The van der Waals surface area contributed by atoms with Gasteiger partial charge < -0.3 is 9.64 Å². The average molecular weight is 268 g/mol. The van der Waals surface area contributed by atoms with E-state index in [4.69, 9.17) is 9.73 Å². The number of fused-ring (bicyclic) bond motifs is 2. The summed E-state index contributed by atoms with van der Waals surface area (Å²) in [5.74, 6) is 0.924. The highest BCUT2D eigenvalue weighted by molar-refractivity contribution is 6.02. The summed E-state index contributed by atoms with van der Waals surface area (Å²) in [5.41, 5.74) is 3.27. The van der Waals surface area contributed by atoms with E-state index in [1.807, 2.05) is 18.2 Å². The maximum absolute atomic E-state index is 6.24. The third kappa shape index (κ3) is 2.68. The summed E-state index contributed by atoms with van der Waals surface area (Å²) in [6, 6.07) is 8.31. The Labute approximate surface area is 120 Å². The topological polar surface area (TPSA) is 24.8 Å². The molecule has 1 aromatic carbocycles. The molecular formula is C17H20N2O. The Morgan fingerprint density at radius 1 is 1.30 bits per heavy atom. The lowest BCUT2D eigenvalue weighted by Crippen LogP contribution is -2.18. The van der Waals surface area contributed by atoms with Crippen LogP contribution in [0.5, 0.6) is 0 Å². The van der Waals surface area contributed by atoms with Crippen molar-refractivity contribution in [2.45, 2.75) is 18.9 Å². The quantitative estimate of drug-likeness (QED) is 0.836. The number of rotatable bonds is 3. The Kier molecular flexibility index (Phi) is 3.70. The van der Waals surface area contributed by atoms with E-state index in [0.717, 1.165) is 36.5 Å². The van der Waals surface area contributed by atoms with Crippen LogP contribution in [0.2, 0.25) is 0 Å². The summed E-state index contributed by atoms with van der Waals surface area (Å²) in [6.07, 6.45) is 8.08. The molecular weight excluding hydrogens is 248 g/mol. The van der Waals surface area contributed by atoms with Crippen LogP contribution in [0.15, 0.2) is 53.2 Å². The average Bonchev–Trinajstić information content (AvgIpc) is 2.61. The van der Waals surface area contributed by atoms with Gasteiger partial charge in [-0.05, 0) is 26.2 Å². The number of nitrogens with zero attached hydrogens (tertiary/aromatic N) is 2. The Morgan fingerprint density at radius 2 is 2.15 bits per heavy atom. The zero-order valence-corrected chi connectivity index (χ0v) is 12.0. The lowest BCUT2D eigenvalue weighted by Gasteiger charge is -2.22. The highest BCUT2D eigenvalue weighted by atomic mass is 16.5. The fourth-order valence-electron chi connectivity index (χ4n) is 2.55. The number of ether oxygens (including phenoxy) is 1. The highest BCUT2D eigenvalue weighted by Gasteiger charge is 2.24. The van der Waals surface area contributed by atoms with E-state index < -0.39 is 0 Å². The molecule has 104 valence electrons. The second-order valence-electron chi connectivity index (χ2n) is 5.48. The van der Waals surface area contributed by atoms with E-state index in [1.54, 1.807) is 0 Å². The minimum atomic E-state index is 0.0765. The molecule has 20 heavy (non-hydrogen) atoms. The van der Waals surface area contributed by atoms with Gasteiger partial charge in [-0.3, -0.25) is 0 Å². The van der Waals surface area contributed by atoms with Gasteiger partial charge in [0.05, 0.1) is 11.4 Å². The molecule has 2 aliphatic rings. The summed E-state index contributed by atoms with van der Waals surface area (Å²) in [4.78, 5) is 6.99. The summed E-state index contributed by atoms with van der Waals surface area (Å²) in [7, 11) is 4.18. The predicted octanol–water partition coefficient (Wildman–Crippen LogP) is 3.63. The molecule has 0 aromatic heterocycles. The van der Waals surface area contributed by atoms with Gasteiger partial charge in [0, 0.05) is 24.9 Å². The number of hydrogen-bond acceptors (Lipinski definition) is 3. The molecule has 3 heteroatoms. The van der Waals surface area contributed by atoms with Crippen LogP contribution in [-0.2, 0) is 4.74 Å². The molecule has 0 saturated heterocycles. The van der Waals surface area contributed by atoms with Crippen molar-refractivity contribution >= 4 is 11.4 Å². The molecule has 3 nitrogen and oxygen atoms in total. The Bertz CT molecular complexity index is 584. The molecule has 1 aliphatic heterocycles. The van der Waals surface area contributed by atoms with Crippen LogP contribution in [0.4, 0.5) is 5.69 Å². The van der Waals surface area contributed by atoms with Crippen molar-refractivity contribution in [3.63, 3.8) is 0 Å². The van der Waals surface area contributed by atoms with Gasteiger partial charge >= 0.3 is 0 Å². The second-order valence-corrected chi connectivity index (χ2v) is 5.48. The summed E-state index contributed by atoms with van der Waals surface area (Å²) in [6.45, 7) is 0.997. The minimum Gasteiger partial charge on any atom is -0.484 e. The Hall–Kier alpha value is -1.87. The van der Waals surface area contributed by atoms with E-state index >= 15 is 0 Å². The molecule has 0 bridgehead atoms. The standard InChI is InChI=1S/C17H20N2O/c1-19(2)12-11-16-13-7-3-4-8-14(13)18-15-9-5-6-10-17(15)20-16/h3-8,10,16H,9,11-12H2,1-2H3. The van der Waals surface area contributed by atoms with Crippen molar-refractivity contribution in [1.29, 1.82) is 0 Å². The number of aliphatic imine (C=N–C) groups is 1. The molecule has 0 saturated carbocycles. The van der Waals surface area contributed by atoms with Crippen LogP contribution in [0.1, 0.15) is 24.5 Å². The first kappa shape index (κ1) is 13.1. The van der Waals surface area contributed by atoms with Crippen molar-refractivity contribution in [3.05, 3.63) is 53.8 Å². The highest BCUT2D eigenvalue weighted by Crippen LogP contribution is 2.36. The maximum Gasteiger partial charge on any atom is 0.142 e. The minimum absolute atomic E-state index is 0.0765. The summed E-state index contributed by atoms with van der Waals surface area (Å²) < 4.78 is 6.24. The molecule has 0 amide bonds. The van der Waals surface area contributed by atoms with Gasteiger partial charge in [0.2, 0.25) is 0 Å². The van der Waals surface area contributed by atoms with E-state index in [9.17, 15) is 0 Å². The van der Waals surface area contributed by atoms with E-state index in [2.05, 4.69) is 43.3 Å². The number of hydrogen-bond donors (Lipinski definition) is 0. The molecule has 1 aromatic rings. The Balaban J connectivity index is 1.96. The summed E-state index contributed by atoms with van der Waals surface area (Å²) >= 11 is 0. The SMILES string of the molecule is CN(C)CCC1OC2=CC=CCC2=Nc2ccccc21. The molecule has 1 atom stereocenters. The van der Waals surface area contributed by atoms with E-state index in [-0.39, 0.29) is 6.10 Å². The van der Waals surface area contributed by atoms with E-state index in [1.165, 1.54) is 5.56 Å². The first-order chi connectivity index (χ1) is 9.74. The van der Waals surface area contributed by atoms with Crippen LogP contribution in [0.25, 0.3) is 0 Å². The van der Waals surface area contributed by atoms with Crippen LogP contribution in [0, 0.1) is 0 Å². The number of benzene rings is 1. The van der Waals surface area contributed by atoms with Crippen molar-refractivity contribution in [2.24, 2.45) is 4.99 Å². The third-order valence-corrected chi connectivity index (χ3v) is 3.63. The lowest BCUT2D eigenvalue weighted by molar-refractivity contribution is 0.115. The molecule has 0 radical (unpaired) electrons. The molecule has 1 heterocycles. The fourth-order valence-corrected chi connectivity index (χ4v) is 2.55. The predicted molar refractivity (Wildman–Crippen MR) is 82.4 cm³/mol. The van der Waals surface area contributed by atoms with Crippen LogP contribution >= 0.6 is 0 Å². The van der Waals surface area contributed by atoms with Crippen molar-refractivity contribution in [1.82, 2.24) is 4.90 Å². The lowest BCUT2D eigenvalue weighted by atomic mass is 10.0. The molecule has 0 N–H and O–H groups in total. The van der Waals surface area contributed by atoms with Crippen LogP contribution < -0.4 is 0 Å². The Morgan fingerprint density at radius 3 is 3.00 bits per heavy atom. The monoisotopic (exact) mass is 268 g/mol. The second kappa shape index (κ2) is 5.63. The van der Waals surface area contributed by atoms with Crippen molar-refractivity contribution < 1.29 is 4.74 Å². The van der Waals surface area contributed by atoms with E-state index in [0.29, 0.717) is 0 Å². The van der Waals surface area contributed by atoms with Gasteiger partial charge in [-0.2, -0.15) is 0 Å². The first-order valence-electron chi connectivity index (χ1n) is 7.09. The first-order valence-corrected chi connectivity index (χ1v) is 7.09. The normalized spacial score (nSPS) is 20.4. The van der Waals surface area contributed by atoms with Gasteiger partial charge in [-0.15, -0.1) is 0 Å². The number of allylic oxidation sites excluding steroid dienone is 4. The zero-order valence-electron chi connectivity index (χ0n) is 12.0. The van der Waals surface area contributed by atoms with Crippen molar-refractivity contribution in [2.75, 3.05) is 20.6 Å². The van der Waals surface area contributed by atoms with Gasteiger partial charge in [0.15, 0.2) is 0 Å². The van der Waals surface area contributed by atoms with Gasteiger partial charge in [0.1, 0.15) is 11.9 Å². The van der Waals surface area contributed by atoms with Gasteiger partial charge in [-0.1, -0.05) is 30.4 Å². The number of para-hydroxylation sites is 1. The molecule has 0 fully saturated rings. The van der Waals surface area contributed by atoms with Crippen LogP contribution in [-0.4, -0.2) is 31.3 Å². The zero-order chi connectivity index (χ0) is 13.9. The fraction of sp³-hybridized carbons (Fsp3) is 0.353. The molecule has 3 rings (SSSR count). The molecule has 1 aliphatic carbocycles. The van der Waals surface area contributed by atoms with Gasteiger partial charge in [0.25, 0.3) is 0 Å². The third-order valence-electron chi connectivity index (χ3n) is 3.63. The molecule has 1 unspecified atom stereocenters.